The van der Waals surface area contributed by atoms with Gasteiger partial charge >= 0.3 is 0 Å². The minimum atomic E-state index is -0.123. The van der Waals surface area contributed by atoms with Gasteiger partial charge in [0.1, 0.15) is 0 Å². The smallest absolute Gasteiger partial charge is 0.231 e. The SMILES string of the molecule is CNCCc1ccc2c(c1)CC(=O)N2CC1(N)CC1. The molecule has 3 rings (SSSR count). The number of amides is 1. The molecule has 1 amide bonds. The third-order valence-corrected chi connectivity index (χ3v) is 4.11. The van der Waals surface area contributed by atoms with Crippen LogP contribution in [0.1, 0.15) is 24.0 Å². The van der Waals surface area contributed by atoms with Gasteiger partial charge in [0, 0.05) is 17.8 Å². The van der Waals surface area contributed by atoms with E-state index in [9.17, 15) is 4.79 Å². The molecule has 0 bridgehead atoms. The maximum absolute atomic E-state index is 12.1. The van der Waals surface area contributed by atoms with Gasteiger partial charge in [0.25, 0.3) is 0 Å². The van der Waals surface area contributed by atoms with Crippen molar-refractivity contribution in [2.45, 2.75) is 31.2 Å². The molecule has 1 aromatic rings. The number of carbonyl (C=O) groups is 1. The predicted octanol–water partition coefficient (Wildman–Crippen LogP) is 0.829. The van der Waals surface area contributed by atoms with Gasteiger partial charge in [-0.15, -0.1) is 0 Å². The van der Waals surface area contributed by atoms with Crippen LogP contribution in [0.4, 0.5) is 5.69 Å². The van der Waals surface area contributed by atoms with Crippen LogP contribution < -0.4 is 16.0 Å². The number of hydrogen-bond acceptors (Lipinski definition) is 3. The average Bonchev–Trinajstić information content (AvgIpc) is 3.04. The summed E-state index contributed by atoms with van der Waals surface area (Å²) in [6.45, 7) is 1.64. The van der Waals surface area contributed by atoms with E-state index in [0.717, 1.165) is 37.1 Å². The quantitative estimate of drug-likeness (QED) is 0.823. The zero-order valence-electron chi connectivity index (χ0n) is 11.4. The van der Waals surface area contributed by atoms with E-state index in [2.05, 4.69) is 23.5 Å². The number of carbonyl (C=O) groups excluding carboxylic acids is 1. The third-order valence-electron chi connectivity index (χ3n) is 4.11. The lowest BCUT2D eigenvalue weighted by Gasteiger charge is -2.21. The van der Waals surface area contributed by atoms with Crippen LogP contribution in [0.5, 0.6) is 0 Å². The van der Waals surface area contributed by atoms with Crippen molar-refractivity contribution in [2.24, 2.45) is 5.73 Å². The molecule has 2 aliphatic rings. The highest BCUT2D eigenvalue weighted by Crippen LogP contribution is 2.37. The fraction of sp³-hybridized carbons (Fsp3) is 0.533. The molecule has 0 atom stereocenters. The van der Waals surface area contributed by atoms with Crippen molar-refractivity contribution in [2.75, 3.05) is 25.0 Å². The summed E-state index contributed by atoms with van der Waals surface area (Å²) in [5, 5.41) is 3.15. The summed E-state index contributed by atoms with van der Waals surface area (Å²) in [4.78, 5) is 14.0. The fourth-order valence-corrected chi connectivity index (χ4v) is 2.67. The molecule has 1 heterocycles. The molecule has 0 aromatic heterocycles. The molecule has 1 aliphatic heterocycles. The first kappa shape index (κ1) is 12.6. The van der Waals surface area contributed by atoms with Crippen molar-refractivity contribution < 1.29 is 4.79 Å². The van der Waals surface area contributed by atoms with Crippen molar-refractivity contribution in [1.29, 1.82) is 0 Å². The van der Waals surface area contributed by atoms with Gasteiger partial charge in [-0.1, -0.05) is 12.1 Å². The number of benzene rings is 1. The summed E-state index contributed by atoms with van der Waals surface area (Å²) in [7, 11) is 1.95. The number of rotatable bonds is 5. The number of hydrogen-bond donors (Lipinski definition) is 2. The summed E-state index contributed by atoms with van der Waals surface area (Å²) in [5.74, 6) is 0.192. The molecule has 0 radical (unpaired) electrons. The lowest BCUT2D eigenvalue weighted by molar-refractivity contribution is -0.117. The third kappa shape index (κ3) is 2.51. The zero-order chi connectivity index (χ0) is 13.5. The number of anilines is 1. The van der Waals surface area contributed by atoms with Crippen LogP contribution in [0.25, 0.3) is 0 Å². The molecule has 102 valence electrons. The van der Waals surface area contributed by atoms with Crippen LogP contribution in [-0.2, 0) is 17.6 Å². The first-order valence-electron chi connectivity index (χ1n) is 6.97. The number of nitrogens with two attached hydrogens (primary N) is 1. The Morgan fingerprint density at radius 1 is 1.42 bits per heavy atom. The minimum Gasteiger partial charge on any atom is -0.324 e. The molecule has 4 nitrogen and oxygen atoms in total. The van der Waals surface area contributed by atoms with Gasteiger partial charge in [-0.05, 0) is 50.0 Å². The molecule has 0 saturated heterocycles. The monoisotopic (exact) mass is 259 g/mol. The molecule has 0 unspecified atom stereocenters. The van der Waals surface area contributed by atoms with Crippen molar-refractivity contribution >= 4 is 11.6 Å². The number of nitrogens with zero attached hydrogens (tertiary/aromatic N) is 1. The molecule has 1 aliphatic carbocycles. The molecule has 1 aromatic carbocycles. The van der Waals surface area contributed by atoms with Crippen molar-refractivity contribution in [3.63, 3.8) is 0 Å². The molecule has 0 spiro atoms. The van der Waals surface area contributed by atoms with Crippen LogP contribution in [0.3, 0.4) is 0 Å². The Morgan fingerprint density at radius 2 is 2.21 bits per heavy atom. The maximum atomic E-state index is 12.1. The first-order chi connectivity index (χ1) is 9.11. The highest BCUT2D eigenvalue weighted by molar-refractivity contribution is 6.01. The summed E-state index contributed by atoms with van der Waals surface area (Å²) < 4.78 is 0. The van der Waals surface area contributed by atoms with Gasteiger partial charge in [0.05, 0.1) is 6.42 Å². The van der Waals surface area contributed by atoms with Crippen molar-refractivity contribution in [3.8, 4) is 0 Å². The maximum Gasteiger partial charge on any atom is 0.231 e. The van der Waals surface area contributed by atoms with E-state index in [0.29, 0.717) is 13.0 Å². The van der Waals surface area contributed by atoms with Crippen LogP contribution in [-0.4, -0.2) is 31.6 Å². The lowest BCUT2D eigenvalue weighted by atomic mass is 10.1. The summed E-state index contributed by atoms with van der Waals surface area (Å²) in [5.41, 5.74) is 9.52. The largest absolute Gasteiger partial charge is 0.324 e. The van der Waals surface area contributed by atoms with Crippen LogP contribution in [0.15, 0.2) is 18.2 Å². The first-order valence-corrected chi connectivity index (χ1v) is 6.97. The highest BCUT2D eigenvalue weighted by Gasteiger charge is 2.42. The molecule has 4 heteroatoms. The second-order valence-electron chi connectivity index (χ2n) is 5.84. The number of fused-ring (bicyclic) bond motifs is 1. The zero-order valence-corrected chi connectivity index (χ0v) is 11.4. The van der Waals surface area contributed by atoms with Crippen LogP contribution >= 0.6 is 0 Å². The second-order valence-corrected chi connectivity index (χ2v) is 5.84. The van der Waals surface area contributed by atoms with Gasteiger partial charge in [-0.3, -0.25) is 4.79 Å². The Morgan fingerprint density at radius 3 is 2.89 bits per heavy atom. The molecule has 3 N–H and O–H groups in total. The Hall–Kier alpha value is -1.39. The summed E-state index contributed by atoms with van der Waals surface area (Å²) in [6, 6.07) is 6.37. The van der Waals surface area contributed by atoms with Gasteiger partial charge in [-0.25, -0.2) is 0 Å². The van der Waals surface area contributed by atoms with Crippen LogP contribution in [0.2, 0.25) is 0 Å². The fourth-order valence-electron chi connectivity index (χ4n) is 2.67. The number of likely N-dealkylation sites (N-methyl/N-ethyl adjacent to an activating group) is 1. The van der Waals surface area contributed by atoms with Gasteiger partial charge in [-0.2, -0.15) is 0 Å². The Kier molecular flexibility index (Phi) is 3.07. The van der Waals surface area contributed by atoms with E-state index in [4.69, 9.17) is 5.73 Å². The normalized spacial score (nSPS) is 19.7. The average molecular weight is 259 g/mol. The molecular weight excluding hydrogens is 238 g/mol. The summed E-state index contributed by atoms with van der Waals surface area (Å²) >= 11 is 0. The minimum absolute atomic E-state index is 0.123. The summed E-state index contributed by atoms with van der Waals surface area (Å²) in [6.07, 6.45) is 3.59. The standard InChI is InChI=1S/C15H21N3O/c1-17-7-4-11-2-3-13-12(8-11)9-14(19)18(13)10-15(16)5-6-15/h2-3,8,17H,4-7,9-10,16H2,1H3. The highest BCUT2D eigenvalue weighted by atomic mass is 16.2. The van der Waals surface area contributed by atoms with Gasteiger partial charge in [0.2, 0.25) is 5.91 Å². The molecule has 1 saturated carbocycles. The molecular formula is C15H21N3O. The number of nitrogens with one attached hydrogen (secondary N) is 1. The van der Waals surface area contributed by atoms with E-state index in [1.807, 2.05) is 11.9 Å². The van der Waals surface area contributed by atoms with E-state index in [1.54, 1.807) is 0 Å². The topological polar surface area (TPSA) is 58.4 Å². The van der Waals surface area contributed by atoms with Gasteiger partial charge in [0.15, 0.2) is 0 Å². The van der Waals surface area contributed by atoms with E-state index >= 15 is 0 Å². The molecule has 1 fully saturated rings. The Labute approximate surface area is 114 Å². The lowest BCUT2D eigenvalue weighted by Crippen LogP contribution is -2.41. The van der Waals surface area contributed by atoms with E-state index in [1.165, 1.54) is 5.56 Å². The van der Waals surface area contributed by atoms with Crippen LogP contribution in [0, 0.1) is 0 Å². The van der Waals surface area contributed by atoms with E-state index in [-0.39, 0.29) is 11.4 Å². The van der Waals surface area contributed by atoms with Crippen molar-refractivity contribution in [3.05, 3.63) is 29.3 Å². The Bertz CT molecular complexity index is 508. The van der Waals surface area contributed by atoms with Crippen molar-refractivity contribution in [1.82, 2.24) is 5.32 Å². The second kappa shape index (κ2) is 4.62. The molecule has 19 heavy (non-hydrogen) atoms. The Balaban J connectivity index is 1.79. The predicted molar refractivity (Wildman–Crippen MR) is 76.3 cm³/mol. The van der Waals surface area contributed by atoms with Gasteiger partial charge < -0.3 is 16.0 Å². The van der Waals surface area contributed by atoms with E-state index < -0.39 is 0 Å².